The summed E-state index contributed by atoms with van der Waals surface area (Å²) in [6.07, 6.45) is 1.32. The van der Waals surface area contributed by atoms with Gasteiger partial charge in [0.1, 0.15) is 0 Å². The molecule has 174 valence electrons. The summed E-state index contributed by atoms with van der Waals surface area (Å²) >= 11 is 0. The molecule has 0 spiro atoms. The van der Waals surface area contributed by atoms with Crippen LogP contribution in [0.3, 0.4) is 0 Å². The highest BCUT2D eigenvalue weighted by Gasteiger charge is 2.32. The van der Waals surface area contributed by atoms with Crippen molar-refractivity contribution in [2.24, 2.45) is 0 Å². The number of hydrogen-bond donors (Lipinski definition) is 1. The standard InChI is InChI=1S/C22H29N3O5S2/c1-3-13-25(20-12-14-31(27,28)17-20)16-22(26)23-18-8-7-11-21(15-18)32(29,30)24(2)19-9-5-4-6-10-19/h4-11,15,20H,3,12-14,16-17H2,1-2H3,(H,23,26). The number of para-hydroxylation sites is 1. The van der Waals surface area contributed by atoms with E-state index in [1.54, 1.807) is 36.4 Å². The fourth-order valence-corrected chi connectivity index (χ4v) is 6.80. The molecule has 1 atom stereocenters. The first-order valence-electron chi connectivity index (χ1n) is 10.5. The third-order valence-electron chi connectivity index (χ3n) is 5.48. The predicted molar refractivity (Wildman–Crippen MR) is 126 cm³/mol. The van der Waals surface area contributed by atoms with Crippen molar-refractivity contribution in [1.29, 1.82) is 0 Å². The number of nitrogens with one attached hydrogen (secondary N) is 1. The fraction of sp³-hybridized carbons (Fsp3) is 0.409. The van der Waals surface area contributed by atoms with E-state index in [4.69, 9.17) is 0 Å². The third kappa shape index (κ3) is 5.87. The second-order valence-electron chi connectivity index (χ2n) is 7.91. The third-order valence-corrected chi connectivity index (χ3v) is 9.01. The molecule has 3 rings (SSSR count). The minimum Gasteiger partial charge on any atom is -0.325 e. The van der Waals surface area contributed by atoms with Crippen molar-refractivity contribution in [2.45, 2.75) is 30.7 Å². The first kappa shape index (κ1) is 24.2. The summed E-state index contributed by atoms with van der Waals surface area (Å²) in [5.41, 5.74) is 0.900. The zero-order chi connectivity index (χ0) is 23.4. The summed E-state index contributed by atoms with van der Waals surface area (Å²) in [6, 6.07) is 14.7. The minimum absolute atomic E-state index is 0.0505. The van der Waals surface area contributed by atoms with Crippen LogP contribution >= 0.6 is 0 Å². The van der Waals surface area contributed by atoms with Gasteiger partial charge < -0.3 is 5.32 Å². The maximum atomic E-state index is 13.0. The molecule has 0 aromatic heterocycles. The van der Waals surface area contributed by atoms with Crippen LogP contribution in [0.4, 0.5) is 11.4 Å². The smallest absolute Gasteiger partial charge is 0.264 e. The zero-order valence-electron chi connectivity index (χ0n) is 18.3. The molecule has 1 aliphatic rings. The first-order valence-corrected chi connectivity index (χ1v) is 13.8. The van der Waals surface area contributed by atoms with Crippen molar-refractivity contribution < 1.29 is 21.6 Å². The molecule has 1 fully saturated rings. The lowest BCUT2D eigenvalue weighted by Crippen LogP contribution is -2.42. The average molecular weight is 480 g/mol. The molecule has 1 N–H and O–H groups in total. The monoisotopic (exact) mass is 479 g/mol. The molecule has 0 saturated carbocycles. The van der Waals surface area contributed by atoms with E-state index in [2.05, 4.69) is 5.32 Å². The van der Waals surface area contributed by atoms with E-state index >= 15 is 0 Å². The lowest BCUT2D eigenvalue weighted by atomic mass is 10.2. The molecular formula is C22H29N3O5S2. The number of amides is 1. The van der Waals surface area contributed by atoms with Crippen molar-refractivity contribution in [3.05, 3.63) is 54.6 Å². The predicted octanol–water partition coefficient (Wildman–Crippen LogP) is 2.35. The molecule has 1 amide bonds. The molecule has 0 bridgehead atoms. The molecule has 1 heterocycles. The second-order valence-corrected chi connectivity index (χ2v) is 12.1. The van der Waals surface area contributed by atoms with Crippen LogP contribution in [-0.4, -0.2) is 65.3 Å². The molecule has 8 nitrogen and oxygen atoms in total. The second kappa shape index (κ2) is 10.0. The Balaban J connectivity index is 1.71. The number of anilines is 2. The van der Waals surface area contributed by atoms with Crippen LogP contribution in [0.2, 0.25) is 0 Å². The van der Waals surface area contributed by atoms with Gasteiger partial charge in [-0.05, 0) is 49.7 Å². The van der Waals surface area contributed by atoms with E-state index in [-0.39, 0.29) is 34.9 Å². The van der Waals surface area contributed by atoms with E-state index < -0.39 is 19.9 Å². The Morgan fingerprint density at radius 2 is 1.84 bits per heavy atom. The highest BCUT2D eigenvalue weighted by atomic mass is 32.2. The molecule has 2 aromatic carbocycles. The van der Waals surface area contributed by atoms with Crippen LogP contribution < -0.4 is 9.62 Å². The van der Waals surface area contributed by atoms with Gasteiger partial charge in [0.15, 0.2) is 9.84 Å². The van der Waals surface area contributed by atoms with Gasteiger partial charge in [-0.25, -0.2) is 16.8 Å². The van der Waals surface area contributed by atoms with Crippen molar-refractivity contribution in [1.82, 2.24) is 4.90 Å². The lowest BCUT2D eigenvalue weighted by Gasteiger charge is -2.27. The van der Waals surface area contributed by atoms with Gasteiger partial charge in [-0.15, -0.1) is 0 Å². The van der Waals surface area contributed by atoms with Crippen LogP contribution in [-0.2, 0) is 24.7 Å². The van der Waals surface area contributed by atoms with Crippen molar-refractivity contribution in [3.63, 3.8) is 0 Å². The maximum absolute atomic E-state index is 13.0. The summed E-state index contributed by atoms with van der Waals surface area (Å²) in [5, 5.41) is 2.75. The molecule has 0 radical (unpaired) electrons. The molecule has 0 aliphatic carbocycles. The Labute approximate surface area is 190 Å². The lowest BCUT2D eigenvalue weighted by molar-refractivity contribution is -0.117. The van der Waals surface area contributed by atoms with Gasteiger partial charge in [0, 0.05) is 18.8 Å². The largest absolute Gasteiger partial charge is 0.325 e. The van der Waals surface area contributed by atoms with E-state index in [0.29, 0.717) is 24.3 Å². The summed E-state index contributed by atoms with van der Waals surface area (Å²) in [7, 11) is -5.37. The number of sulfonamides is 1. The highest BCUT2D eigenvalue weighted by molar-refractivity contribution is 7.92. The first-order chi connectivity index (χ1) is 15.1. The number of carbonyl (C=O) groups is 1. The molecule has 1 saturated heterocycles. The van der Waals surface area contributed by atoms with Gasteiger partial charge in [0.05, 0.1) is 28.6 Å². The minimum atomic E-state index is -3.80. The topological polar surface area (TPSA) is 104 Å². The van der Waals surface area contributed by atoms with Gasteiger partial charge in [-0.3, -0.25) is 14.0 Å². The summed E-state index contributed by atoms with van der Waals surface area (Å²) < 4.78 is 50.9. The molecule has 10 heteroatoms. The van der Waals surface area contributed by atoms with E-state index in [0.717, 1.165) is 6.42 Å². The van der Waals surface area contributed by atoms with Crippen LogP contribution in [0.1, 0.15) is 19.8 Å². The maximum Gasteiger partial charge on any atom is 0.264 e. The molecule has 1 unspecified atom stereocenters. The number of nitrogens with zero attached hydrogens (tertiary/aromatic N) is 2. The molecular weight excluding hydrogens is 450 g/mol. The number of sulfone groups is 1. The van der Waals surface area contributed by atoms with Crippen LogP contribution in [0, 0.1) is 0 Å². The number of hydrogen-bond acceptors (Lipinski definition) is 6. The van der Waals surface area contributed by atoms with Gasteiger partial charge in [0.2, 0.25) is 5.91 Å². The van der Waals surface area contributed by atoms with E-state index in [1.807, 2.05) is 17.9 Å². The van der Waals surface area contributed by atoms with Crippen molar-refractivity contribution >= 4 is 37.1 Å². The van der Waals surface area contributed by atoms with Gasteiger partial charge in [-0.1, -0.05) is 31.2 Å². The van der Waals surface area contributed by atoms with Crippen LogP contribution in [0.15, 0.2) is 59.5 Å². The highest BCUT2D eigenvalue weighted by Crippen LogP contribution is 2.24. The summed E-state index contributed by atoms with van der Waals surface area (Å²) in [6.45, 7) is 2.64. The van der Waals surface area contributed by atoms with Gasteiger partial charge in [-0.2, -0.15) is 0 Å². The Kier molecular flexibility index (Phi) is 7.58. The summed E-state index contributed by atoms with van der Waals surface area (Å²) in [4.78, 5) is 14.6. The van der Waals surface area contributed by atoms with E-state index in [1.165, 1.54) is 23.5 Å². The SMILES string of the molecule is CCCN(CC(=O)Nc1cccc(S(=O)(=O)N(C)c2ccccc2)c1)C1CCS(=O)(=O)C1. The number of carbonyl (C=O) groups excluding carboxylic acids is 1. The molecule has 1 aliphatic heterocycles. The Bertz CT molecular complexity index is 1150. The fourth-order valence-electron chi connectivity index (χ4n) is 3.80. The average Bonchev–Trinajstić information content (AvgIpc) is 3.13. The zero-order valence-corrected chi connectivity index (χ0v) is 19.9. The van der Waals surface area contributed by atoms with Gasteiger partial charge >= 0.3 is 0 Å². The van der Waals surface area contributed by atoms with E-state index in [9.17, 15) is 21.6 Å². The summed E-state index contributed by atoms with van der Waals surface area (Å²) in [5.74, 6) is -0.0949. The molecule has 32 heavy (non-hydrogen) atoms. The Morgan fingerprint density at radius 1 is 1.12 bits per heavy atom. The normalized spacial score (nSPS) is 17.9. The van der Waals surface area contributed by atoms with Crippen LogP contribution in [0.5, 0.6) is 0 Å². The van der Waals surface area contributed by atoms with Crippen molar-refractivity contribution in [3.8, 4) is 0 Å². The van der Waals surface area contributed by atoms with Gasteiger partial charge in [0.25, 0.3) is 10.0 Å². The number of benzene rings is 2. The van der Waals surface area contributed by atoms with Crippen molar-refractivity contribution in [2.75, 3.05) is 41.3 Å². The quantitative estimate of drug-likeness (QED) is 0.592. The molecule has 2 aromatic rings. The van der Waals surface area contributed by atoms with Crippen LogP contribution in [0.25, 0.3) is 0 Å². The Morgan fingerprint density at radius 3 is 2.47 bits per heavy atom. The number of rotatable bonds is 9. The Hall–Kier alpha value is -2.43.